The fourth-order valence-electron chi connectivity index (χ4n) is 2.34. The maximum atomic E-state index is 12.6. The molecule has 0 atom stereocenters. The Bertz CT molecular complexity index is 1080. The first kappa shape index (κ1) is 15.7. The number of aryl methyl sites for hydroxylation is 2. The Morgan fingerprint density at radius 3 is 2.88 bits per heavy atom. The number of imidazole rings is 1. The Hall–Kier alpha value is -3.23. The molecule has 0 unspecified atom stereocenters. The number of aromatic nitrogens is 6. The SMILES string of the molecule is C=C/C=C(/C)n1nc(Cn2cnc3nc(C)n(C)c3c2=O)oc1=O. The number of hydrogen-bond donors (Lipinski definition) is 0. The number of hydrogen-bond acceptors (Lipinski definition) is 6. The maximum absolute atomic E-state index is 12.6. The van der Waals surface area contributed by atoms with Crippen LogP contribution in [-0.2, 0) is 13.6 Å². The minimum atomic E-state index is -0.626. The summed E-state index contributed by atoms with van der Waals surface area (Å²) in [5.41, 5.74) is 1.05. The summed E-state index contributed by atoms with van der Waals surface area (Å²) in [4.78, 5) is 32.8. The topological polar surface area (TPSA) is 101 Å². The van der Waals surface area contributed by atoms with Crippen molar-refractivity contribution in [2.24, 2.45) is 7.05 Å². The lowest BCUT2D eigenvalue weighted by atomic mass is 10.4. The second-order valence-corrected chi connectivity index (χ2v) is 5.29. The third kappa shape index (κ3) is 2.49. The molecule has 9 nitrogen and oxygen atoms in total. The summed E-state index contributed by atoms with van der Waals surface area (Å²) >= 11 is 0. The van der Waals surface area contributed by atoms with Gasteiger partial charge in [0.1, 0.15) is 18.7 Å². The fourth-order valence-corrected chi connectivity index (χ4v) is 2.34. The second kappa shape index (κ2) is 5.76. The fraction of sp³-hybridized carbons (Fsp3) is 0.267. The number of nitrogens with zero attached hydrogens (tertiary/aromatic N) is 6. The molecular weight excluding hydrogens is 312 g/mol. The molecular formula is C15H16N6O3. The monoisotopic (exact) mass is 328 g/mol. The summed E-state index contributed by atoms with van der Waals surface area (Å²) in [6, 6.07) is 0. The lowest BCUT2D eigenvalue weighted by molar-refractivity contribution is 0.443. The van der Waals surface area contributed by atoms with E-state index in [4.69, 9.17) is 4.42 Å². The van der Waals surface area contributed by atoms with Gasteiger partial charge >= 0.3 is 5.76 Å². The largest absolute Gasteiger partial charge is 0.441 e. The van der Waals surface area contributed by atoms with E-state index in [9.17, 15) is 9.59 Å². The van der Waals surface area contributed by atoms with Gasteiger partial charge < -0.3 is 8.98 Å². The van der Waals surface area contributed by atoms with Gasteiger partial charge in [-0.25, -0.2) is 14.8 Å². The average Bonchev–Trinajstić information content (AvgIpc) is 3.03. The van der Waals surface area contributed by atoms with E-state index in [2.05, 4.69) is 21.6 Å². The van der Waals surface area contributed by atoms with Gasteiger partial charge in [0.15, 0.2) is 11.2 Å². The molecule has 0 saturated heterocycles. The van der Waals surface area contributed by atoms with Crippen molar-refractivity contribution in [3.05, 3.63) is 57.7 Å². The molecule has 0 N–H and O–H groups in total. The van der Waals surface area contributed by atoms with Crippen LogP contribution < -0.4 is 11.3 Å². The molecule has 0 aliphatic carbocycles. The van der Waals surface area contributed by atoms with Crippen LogP contribution in [0.5, 0.6) is 0 Å². The molecule has 3 aromatic heterocycles. The third-order valence-corrected chi connectivity index (χ3v) is 3.67. The number of rotatable bonds is 4. The Labute approximate surface area is 136 Å². The minimum Gasteiger partial charge on any atom is -0.390 e. The summed E-state index contributed by atoms with van der Waals surface area (Å²) in [6.45, 7) is 7.06. The molecule has 0 aliphatic heterocycles. The standard InChI is InChI=1S/C15H16N6O3/c1-5-6-9(2)21-15(23)24-11(18-21)7-20-8-16-13-12(14(20)22)19(4)10(3)17-13/h5-6,8H,1,7H2,2-4H3/b9-6-. The first-order valence-corrected chi connectivity index (χ1v) is 7.19. The quantitative estimate of drug-likeness (QED) is 0.653. The molecule has 0 spiro atoms. The predicted molar refractivity (Wildman–Crippen MR) is 87.5 cm³/mol. The highest BCUT2D eigenvalue weighted by atomic mass is 16.4. The van der Waals surface area contributed by atoms with E-state index in [0.717, 1.165) is 4.68 Å². The van der Waals surface area contributed by atoms with E-state index in [-0.39, 0.29) is 18.0 Å². The van der Waals surface area contributed by atoms with E-state index in [0.29, 0.717) is 22.7 Å². The van der Waals surface area contributed by atoms with Crippen LogP contribution in [0.1, 0.15) is 18.6 Å². The normalized spacial score (nSPS) is 12.0. The first-order valence-electron chi connectivity index (χ1n) is 7.19. The molecule has 0 fully saturated rings. The van der Waals surface area contributed by atoms with E-state index in [1.807, 2.05) is 0 Å². The van der Waals surface area contributed by atoms with Crippen LogP contribution in [-0.4, -0.2) is 28.9 Å². The van der Waals surface area contributed by atoms with Crippen LogP contribution >= 0.6 is 0 Å². The van der Waals surface area contributed by atoms with Gasteiger partial charge in [-0.2, -0.15) is 4.68 Å². The van der Waals surface area contributed by atoms with E-state index in [1.165, 1.54) is 10.9 Å². The number of allylic oxidation sites excluding steroid dienone is 3. The van der Waals surface area contributed by atoms with E-state index >= 15 is 0 Å². The highest BCUT2D eigenvalue weighted by Gasteiger charge is 2.15. The van der Waals surface area contributed by atoms with Crippen molar-refractivity contribution in [1.82, 2.24) is 28.9 Å². The van der Waals surface area contributed by atoms with Crippen molar-refractivity contribution in [3.63, 3.8) is 0 Å². The van der Waals surface area contributed by atoms with Crippen LogP contribution in [0.25, 0.3) is 16.9 Å². The Kier molecular flexibility index (Phi) is 3.76. The van der Waals surface area contributed by atoms with E-state index in [1.54, 1.807) is 37.6 Å². The van der Waals surface area contributed by atoms with Gasteiger partial charge in [-0.05, 0) is 19.9 Å². The third-order valence-electron chi connectivity index (χ3n) is 3.67. The van der Waals surface area contributed by atoms with Crippen LogP contribution in [0.15, 0.2) is 39.1 Å². The molecule has 3 heterocycles. The molecule has 0 aliphatic rings. The summed E-state index contributed by atoms with van der Waals surface area (Å²) in [7, 11) is 1.75. The zero-order chi connectivity index (χ0) is 17.4. The van der Waals surface area contributed by atoms with Crippen LogP contribution in [0.4, 0.5) is 0 Å². The first-order chi connectivity index (χ1) is 11.4. The zero-order valence-corrected chi connectivity index (χ0v) is 13.6. The molecule has 9 heteroatoms. The molecule has 3 aromatic rings. The smallest absolute Gasteiger partial charge is 0.390 e. The van der Waals surface area contributed by atoms with Crippen molar-refractivity contribution >= 4 is 16.9 Å². The van der Waals surface area contributed by atoms with Gasteiger partial charge in [-0.15, -0.1) is 5.10 Å². The summed E-state index contributed by atoms with van der Waals surface area (Å²) in [5.74, 6) is 0.173. The lowest BCUT2D eigenvalue weighted by Crippen LogP contribution is -2.23. The lowest BCUT2D eigenvalue weighted by Gasteiger charge is -2.02. The van der Waals surface area contributed by atoms with Crippen molar-refractivity contribution in [2.45, 2.75) is 20.4 Å². The van der Waals surface area contributed by atoms with Gasteiger partial charge in [0.25, 0.3) is 5.56 Å². The molecule has 0 aromatic carbocycles. The van der Waals surface area contributed by atoms with Crippen molar-refractivity contribution in [3.8, 4) is 0 Å². The van der Waals surface area contributed by atoms with Gasteiger partial charge in [0.2, 0.25) is 5.89 Å². The zero-order valence-electron chi connectivity index (χ0n) is 13.6. The summed E-state index contributed by atoms with van der Waals surface area (Å²) in [6.07, 6.45) is 4.54. The molecule has 24 heavy (non-hydrogen) atoms. The molecule has 0 saturated carbocycles. The molecule has 124 valence electrons. The molecule has 3 rings (SSSR count). The van der Waals surface area contributed by atoms with Gasteiger partial charge in [0.05, 0.1) is 0 Å². The molecule has 0 bridgehead atoms. The molecule has 0 radical (unpaired) electrons. The van der Waals surface area contributed by atoms with Crippen molar-refractivity contribution in [2.75, 3.05) is 0 Å². The van der Waals surface area contributed by atoms with Gasteiger partial charge in [0, 0.05) is 12.7 Å². The van der Waals surface area contributed by atoms with Crippen LogP contribution in [0, 0.1) is 6.92 Å². The summed E-state index contributed by atoms with van der Waals surface area (Å²) in [5, 5.41) is 4.08. The highest BCUT2D eigenvalue weighted by Crippen LogP contribution is 2.07. The maximum Gasteiger partial charge on any atom is 0.441 e. The predicted octanol–water partition coefficient (Wildman–Crippen LogP) is 0.683. The van der Waals surface area contributed by atoms with Gasteiger partial charge in [-0.3, -0.25) is 9.36 Å². The minimum absolute atomic E-state index is 0.00435. The average molecular weight is 328 g/mol. The Morgan fingerprint density at radius 1 is 1.42 bits per heavy atom. The van der Waals surface area contributed by atoms with Crippen LogP contribution in [0.3, 0.4) is 0 Å². The highest BCUT2D eigenvalue weighted by molar-refractivity contribution is 5.69. The van der Waals surface area contributed by atoms with Crippen molar-refractivity contribution in [1.29, 1.82) is 0 Å². The second-order valence-electron chi connectivity index (χ2n) is 5.29. The Morgan fingerprint density at radius 2 is 2.17 bits per heavy atom. The Balaban J connectivity index is 2.04. The van der Waals surface area contributed by atoms with E-state index < -0.39 is 5.76 Å². The van der Waals surface area contributed by atoms with Crippen LogP contribution in [0.2, 0.25) is 0 Å². The number of fused-ring (bicyclic) bond motifs is 1. The molecule has 0 amide bonds. The van der Waals surface area contributed by atoms with Gasteiger partial charge in [-0.1, -0.05) is 12.7 Å². The summed E-state index contributed by atoms with van der Waals surface area (Å²) < 4.78 is 9.21. The van der Waals surface area contributed by atoms with Crippen molar-refractivity contribution < 1.29 is 4.42 Å².